The van der Waals surface area contributed by atoms with Gasteiger partial charge in [0.15, 0.2) is 11.7 Å². The molecular formula is C22H25IN4O2. The molecule has 1 heterocycles. The van der Waals surface area contributed by atoms with Gasteiger partial charge in [-0.3, -0.25) is 9.79 Å². The van der Waals surface area contributed by atoms with Crippen molar-refractivity contribution < 1.29 is 9.21 Å². The molecular weight excluding hydrogens is 479 g/mol. The molecule has 1 aromatic heterocycles. The maximum atomic E-state index is 12.1. The number of hydrogen-bond donors (Lipinski definition) is 3. The highest BCUT2D eigenvalue weighted by Gasteiger charge is 2.09. The van der Waals surface area contributed by atoms with Gasteiger partial charge in [0.25, 0.3) is 5.91 Å². The molecule has 0 saturated heterocycles. The molecule has 0 unspecified atom stereocenters. The van der Waals surface area contributed by atoms with Crippen molar-refractivity contribution in [3.63, 3.8) is 0 Å². The highest BCUT2D eigenvalue weighted by atomic mass is 127. The fourth-order valence-electron chi connectivity index (χ4n) is 2.75. The molecule has 0 spiro atoms. The Balaban J connectivity index is 0.00000300. The summed E-state index contributed by atoms with van der Waals surface area (Å²) in [6.07, 6.45) is 1.48. The van der Waals surface area contributed by atoms with Crippen LogP contribution < -0.4 is 16.0 Å². The second-order valence-electron chi connectivity index (χ2n) is 6.34. The number of carbonyl (C=O) groups excluding carboxylic acids is 1. The summed E-state index contributed by atoms with van der Waals surface area (Å²) in [5.74, 6) is 0.725. The van der Waals surface area contributed by atoms with Crippen molar-refractivity contribution in [3.05, 3.63) is 89.4 Å². The van der Waals surface area contributed by atoms with Crippen molar-refractivity contribution in [2.45, 2.75) is 20.0 Å². The van der Waals surface area contributed by atoms with E-state index in [9.17, 15) is 4.79 Å². The molecule has 0 aliphatic carbocycles. The lowest BCUT2D eigenvalue weighted by molar-refractivity contribution is 0.0996. The Labute approximate surface area is 187 Å². The minimum absolute atomic E-state index is 0. The number of aliphatic imine (C=N–C) groups is 1. The van der Waals surface area contributed by atoms with Crippen LogP contribution in [0.25, 0.3) is 0 Å². The highest BCUT2D eigenvalue weighted by Crippen LogP contribution is 2.13. The van der Waals surface area contributed by atoms with E-state index in [0.717, 1.165) is 5.56 Å². The lowest BCUT2D eigenvalue weighted by Crippen LogP contribution is -2.36. The Bertz CT molecular complexity index is 955. The van der Waals surface area contributed by atoms with Crippen LogP contribution in [0.15, 0.2) is 76.3 Å². The van der Waals surface area contributed by atoms with Gasteiger partial charge in [0.05, 0.1) is 6.26 Å². The van der Waals surface area contributed by atoms with Gasteiger partial charge in [0.2, 0.25) is 0 Å². The van der Waals surface area contributed by atoms with E-state index in [0.29, 0.717) is 24.7 Å². The summed E-state index contributed by atoms with van der Waals surface area (Å²) in [4.78, 5) is 16.4. The molecule has 7 heteroatoms. The van der Waals surface area contributed by atoms with Crippen LogP contribution in [0.2, 0.25) is 0 Å². The van der Waals surface area contributed by atoms with Crippen molar-refractivity contribution in [1.82, 2.24) is 10.6 Å². The molecule has 0 aliphatic heterocycles. The second-order valence-corrected chi connectivity index (χ2v) is 6.34. The van der Waals surface area contributed by atoms with Crippen molar-refractivity contribution >= 4 is 41.5 Å². The zero-order chi connectivity index (χ0) is 19.8. The number of hydrogen-bond acceptors (Lipinski definition) is 3. The van der Waals surface area contributed by atoms with E-state index in [1.165, 1.54) is 17.4 Å². The number of nitrogens with one attached hydrogen (secondary N) is 3. The Morgan fingerprint density at radius 1 is 1.00 bits per heavy atom. The quantitative estimate of drug-likeness (QED) is 0.266. The van der Waals surface area contributed by atoms with Crippen LogP contribution in [0.5, 0.6) is 0 Å². The summed E-state index contributed by atoms with van der Waals surface area (Å²) >= 11 is 0. The van der Waals surface area contributed by atoms with E-state index in [2.05, 4.69) is 40.0 Å². The van der Waals surface area contributed by atoms with Crippen molar-refractivity contribution in [2.24, 2.45) is 4.99 Å². The summed E-state index contributed by atoms with van der Waals surface area (Å²) in [5.41, 5.74) is 4.21. The molecule has 0 fully saturated rings. The number of nitrogens with zero attached hydrogens (tertiary/aromatic N) is 1. The zero-order valence-corrected chi connectivity index (χ0v) is 18.8. The number of furan rings is 1. The lowest BCUT2D eigenvalue weighted by atomic mass is 10.1. The van der Waals surface area contributed by atoms with Crippen LogP contribution in [0, 0.1) is 6.92 Å². The summed E-state index contributed by atoms with van der Waals surface area (Å²) in [7, 11) is 1.74. The van der Waals surface area contributed by atoms with Gasteiger partial charge < -0.3 is 20.4 Å². The summed E-state index contributed by atoms with van der Waals surface area (Å²) in [6.45, 7) is 3.37. The van der Waals surface area contributed by atoms with Crippen LogP contribution in [0.4, 0.5) is 5.69 Å². The molecule has 2 aromatic carbocycles. The molecule has 0 bridgehead atoms. The fraction of sp³-hybridized carbons (Fsp3) is 0.182. The molecule has 0 saturated carbocycles. The minimum Gasteiger partial charge on any atom is -0.459 e. The Morgan fingerprint density at radius 3 is 2.52 bits per heavy atom. The van der Waals surface area contributed by atoms with Gasteiger partial charge in [-0.05, 0) is 47.9 Å². The summed E-state index contributed by atoms with van der Waals surface area (Å²) in [6, 6.07) is 19.2. The van der Waals surface area contributed by atoms with Crippen LogP contribution in [-0.2, 0) is 13.1 Å². The number of halogens is 1. The third kappa shape index (κ3) is 6.63. The minimum atomic E-state index is -0.272. The average molecular weight is 504 g/mol. The Kier molecular flexibility index (Phi) is 8.72. The number of amides is 1. The molecule has 3 N–H and O–H groups in total. The molecule has 0 radical (unpaired) electrons. The Hall–Kier alpha value is -2.81. The van der Waals surface area contributed by atoms with Gasteiger partial charge >= 0.3 is 0 Å². The first-order valence-electron chi connectivity index (χ1n) is 9.08. The molecule has 152 valence electrons. The molecule has 6 nitrogen and oxygen atoms in total. The predicted octanol–water partition coefficient (Wildman–Crippen LogP) is 4.32. The highest BCUT2D eigenvalue weighted by molar-refractivity contribution is 14.0. The molecule has 0 atom stereocenters. The molecule has 3 aromatic rings. The maximum absolute atomic E-state index is 12.1. The summed E-state index contributed by atoms with van der Waals surface area (Å²) < 4.78 is 5.11. The standard InChI is InChI=1S/C22H24N4O2.HI/c1-16-7-3-4-9-18(16)15-25-22(23-2)24-14-17-8-5-10-19(13-17)26-21(27)20-11-6-12-28-20;/h3-13H,14-15H2,1-2H3,(H,26,27)(H2,23,24,25);1H. The fourth-order valence-corrected chi connectivity index (χ4v) is 2.75. The predicted molar refractivity (Wildman–Crippen MR) is 127 cm³/mol. The van der Waals surface area contributed by atoms with Gasteiger partial charge in [0.1, 0.15) is 0 Å². The number of anilines is 1. The molecule has 0 aliphatic rings. The van der Waals surface area contributed by atoms with Gasteiger partial charge in [-0.25, -0.2) is 0 Å². The Morgan fingerprint density at radius 2 is 1.79 bits per heavy atom. The number of benzene rings is 2. The molecule has 1 amide bonds. The van der Waals surface area contributed by atoms with Gasteiger partial charge in [-0.1, -0.05) is 36.4 Å². The second kappa shape index (κ2) is 11.3. The van der Waals surface area contributed by atoms with Crippen molar-refractivity contribution in [2.75, 3.05) is 12.4 Å². The first-order chi connectivity index (χ1) is 13.7. The zero-order valence-electron chi connectivity index (χ0n) is 16.4. The number of guanidine groups is 1. The third-order valence-electron chi connectivity index (χ3n) is 4.32. The third-order valence-corrected chi connectivity index (χ3v) is 4.32. The van der Waals surface area contributed by atoms with Crippen LogP contribution in [-0.4, -0.2) is 18.9 Å². The van der Waals surface area contributed by atoms with Gasteiger partial charge in [-0.2, -0.15) is 0 Å². The first-order valence-corrected chi connectivity index (χ1v) is 9.08. The van der Waals surface area contributed by atoms with Crippen LogP contribution in [0.3, 0.4) is 0 Å². The topological polar surface area (TPSA) is 78.7 Å². The van der Waals surface area contributed by atoms with E-state index < -0.39 is 0 Å². The normalized spacial score (nSPS) is 10.8. The first kappa shape index (κ1) is 22.5. The summed E-state index contributed by atoms with van der Waals surface area (Å²) in [5, 5.41) is 9.44. The van der Waals surface area contributed by atoms with E-state index >= 15 is 0 Å². The van der Waals surface area contributed by atoms with Gasteiger partial charge in [0, 0.05) is 25.8 Å². The van der Waals surface area contributed by atoms with E-state index in [-0.39, 0.29) is 35.6 Å². The number of carbonyl (C=O) groups is 1. The monoisotopic (exact) mass is 504 g/mol. The average Bonchev–Trinajstić information content (AvgIpc) is 3.25. The van der Waals surface area contributed by atoms with Crippen molar-refractivity contribution in [1.29, 1.82) is 0 Å². The van der Waals surface area contributed by atoms with Crippen molar-refractivity contribution in [3.8, 4) is 0 Å². The lowest BCUT2D eigenvalue weighted by Gasteiger charge is -2.13. The maximum Gasteiger partial charge on any atom is 0.291 e. The SMILES string of the molecule is CN=C(NCc1cccc(NC(=O)c2ccco2)c1)NCc1ccccc1C.I. The molecule has 29 heavy (non-hydrogen) atoms. The van der Waals surface area contributed by atoms with Gasteiger partial charge in [-0.15, -0.1) is 24.0 Å². The van der Waals surface area contributed by atoms with E-state index in [1.54, 1.807) is 19.2 Å². The largest absolute Gasteiger partial charge is 0.459 e. The van der Waals surface area contributed by atoms with E-state index in [4.69, 9.17) is 4.42 Å². The van der Waals surface area contributed by atoms with Crippen LogP contribution >= 0.6 is 24.0 Å². The molecule has 3 rings (SSSR count). The number of aryl methyl sites for hydroxylation is 1. The van der Waals surface area contributed by atoms with E-state index in [1.807, 2.05) is 36.4 Å². The number of rotatable bonds is 6. The van der Waals surface area contributed by atoms with Crippen LogP contribution in [0.1, 0.15) is 27.2 Å². The smallest absolute Gasteiger partial charge is 0.291 e.